The van der Waals surface area contributed by atoms with E-state index in [0.717, 1.165) is 44.9 Å². The Hall–Kier alpha value is -1.97. The van der Waals surface area contributed by atoms with Crippen LogP contribution in [0.25, 0.3) is 0 Å². The minimum atomic E-state index is -2.08. The van der Waals surface area contributed by atoms with Crippen molar-refractivity contribution in [2.45, 2.75) is 115 Å². The molecule has 39 heavy (non-hydrogen) atoms. The summed E-state index contributed by atoms with van der Waals surface area (Å²) < 4.78 is 18.0. The number of methoxy groups -OCH3 is 2. The fourth-order valence-electron chi connectivity index (χ4n) is 5.72. The Morgan fingerprint density at radius 1 is 0.744 bits per heavy atom. The molecule has 2 N–H and O–H groups in total. The molecule has 0 heterocycles. The van der Waals surface area contributed by atoms with Gasteiger partial charge in [-0.25, -0.2) is 0 Å². The lowest BCUT2D eigenvalue weighted by molar-refractivity contribution is 0.133. The van der Waals surface area contributed by atoms with Crippen LogP contribution >= 0.6 is 0 Å². The molecule has 2 aromatic rings. The van der Waals surface area contributed by atoms with Gasteiger partial charge in [0.1, 0.15) is 0 Å². The first kappa shape index (κ1) is 33.2. The van der Waals surface area contributed by atoms with E-state index in [4.69, 9.17) is 13.9 Å². The number of benzene rings is 2. The summed E-state index contributed by atoms with van der Waals surface area (Å²) in [6, 6.07) is 12.6. The lowest BCUT2D eigenvalue weighted by Crippen LogP contribution is -2.60. The molecule has 0 aliphatic rings. The Labute approximate surface area is 240 Å². The Kier molecular flexibility index (Phi) is 11.6. The third kappa shape index (κ3) is 8.04. The summed E-state index contributed by atoms with van der Waals surface area (Å²) in [5, 5.41) is 19.9. The standard InChI is InChI=1S/C32H54O5Si2/c1-11-31(3,21-13-15-25-17-19-27(33)29(23-25)35-5)39(9,10)37-32(4,12-2)38(7,8)22-14-16-26-18-20-28(34)30(24-26)36-6/h17-20,23-24,33-34H,11-16,21-22H2,1-10H3. The number of rotatable bonds is 16. The summed E-state index contributed by atoms with van der Waals surface area (Å²) in [4.78, 5) is 0. The van der Waals surface area contributed by atoms with E-state index in [1.807, 2.05) is 24.3 Å². The van der Waals surface area contributed by atoms with Crippen LogP contribution in [0.3, 0.4) is 0 Å². The van der Waals surface area contributed by atoms with Crippen molar-refractivity contribution in [3.05, 3.63) is 47.5 Å². The number of hydrogen-bond acceptors (Lipinski definition) is 5. The Bertz CT molecular complexity index is 1070. The van der Waals surface area contributed by atoms with Crippen molar-refractivity contribution in [1.82, 2.24) is 0 Å². The van der Waals surface area contributed by atoms with Gasteiger partial charge in [0.2, 0.25) is 0 Å². The van der Waals surface area contributed by atoms with E-state index in [-0.39, 0.29) is 21.8 Å². The van der Waals surface area contributed by atoms with Gasteiger partial charge < -0.3 is 24.1 Å². The molecule has 0 amide bonds. The normalized spacial score (nSPS) is 15.4. The number of aryl methyl sites for hydroxylation is 2. The Balaban J connectivity index is 2.08. The largest absolute Gasteiger partial charge is 0.504 e. The van der Waals surface area contributed by atoms with Gasteiger partial charge in [-0.2, -0.15) is 0 Å². The van der Waals surface area contributed by atoms with Crippen LogP contribution in [0.4, 0.5) is 0 Å². The summed E-state index contributed by atoms with van der Waals surface area (Å²) in [5.74, 6) is 1.47. The zero-order valence-corrected chi connectivity index (χ0v) is 28.2. The maximum atomic E-state index is 9.93. The van der Waals surface area contributed by atoms with Gasteiger partial charge >= 0.3 is 0 Å². The molecule has 0 aliphatic carbocycles. The van der Waals surface area contributed by atoms with E-state index < -0.39 is 16.4 Å². The van der Waals surface area contributed by atoms with Crippen molar-refractivity contribution in [3.63, 3.8) is 0 Å². The molecule has 0 saturated heterocycles. The van der Waals surface area contributed by atoms with Gasteiger partial charge in [0, 0.05) is 5.22 Å². The molecule has 0 aromatic heterocycles. The van der Waals surface area contributed by atoms with Gasteiger partial charge in [0.25, 0.3) is 0 Å². The highest BCUT2D eigenvalue weighted by Crippen LogP contribution is 2.49. The Morgan fingerprint density at radius 2 is 1.23 bits per heavy atom. The summed E-state index contributed by atoms with van der Waals surface area (Å²) in [6.45, 7) is 19.3. The second kappa shape index (κ2) is 13.6. The fourth-order valence-corrected chi connectivity index (χ4v) is 13.3. The van der Waals surface area contributed by atoms with Crippen LogP contribution in [0, 0.1) is 0 Å². The molecule has 2 unspecified atom stereocenters. The lowest BCUT2D eigenvalue weighted by Gasteiger charge is -2.52. The second-order valence-corrected chi connectivity index (χ2v) is 22.5. The third-order valence-electron chi connectivity index (χ3n) is 9.77. The summed E-state index contributed by atoms with van der Waals surface area (Å²) in [7, 11) is -0.643. The van der Waals surface area contributed by atoms with Crippen molar-refractivity contribution < 1.29 is 24.1 Å². The highest BCUT2D eigenvalue weighted by Gasteiger charge is 2.51. The molecule has 0 bridgehead atoms. The number of ether oxygens (including phenoxy) is 2. The number of phenolic OH excluding ortho intramolecular Hbond substituents is 2. The predicted molar refractivity (Wildman–Crippen MR) is 169 cm³/mol. The van der Waals surface area contributed by atoms with Crippen molar-refractivity contribution in [3.8, 4) is 23.0 Å². The third-order valence-corrected chi connectivity index (χ3v) is 19.4. The van der Waals surface area contributed by atoms with Crippen molar-refractivity contribution in [2.24, 2.45) is 0 Å². The van der Waals surface area contributed by atoms with Gasteiger partial charge in [0.15, 0.2) is 31.3 Å². The van der Waals surface area contributed by atoms with Crippen molar-refractivity contribution in [1.29, 1.82) is 0 Å². The van der Waals surface area contributed by atoms with Crippen LogP contribution < -0.4 is 9.47 Å². The molecule has 0 aliphatic heterocycles. The van der Waals surface area contributed by atoms with Crippen LogP contribution in [0.5, 0.6) is 23.0 Å². The van der Waals surface area contributed by atoms with Crippen molar-refractivity contribution >= 4 is 16.4 Å². The van der Waals surface area contributed by atoms with E-state index in [9.17, 15) is 10.2 Å². The van der Waals surface area contributed by atoms with Crippen molar-refractivity contribution in [2.75, 3.05) is 14.2 Å². The first-order valence-corrected chi connectivity index (χ1v) is 20.7. The maximum absolute atomic E-state index is 9.93. The van der Waals surface area contributed by atoms with E-state index in [1.165, 1.54) is 17.2 Å². The van der Waals surface area contributed by atoms with E-state index in [0.29, 0.717) is 11.5 Å². The summed E-state index contributed by atoms with van der Waals surface area (Å²) >= 11 is 0. The van der Waals surface area contributed by atoms with Crippen LogP contribution in [0.1, 0.15) is 70.9 Å². The molecule has 0 saturated carbocycles. The molecule has 2 rings (SSSR count). The molecule has 0 spiro atoms. The van der Waals surface area contributed by atoms with E-state index in [1.54, 1.807) is 26.4 Å². The number of aromatic hydroxyl groups is 2. The van der Waals surface area contributed by atoms with Gasteiger partial charge in [-0.1, -0.05) is 64.9 Å². The molecular formula is C32H54O5Si2. The smallest absolute Gasteiger partial charge is 0.192 e. The Morgan fingerprint density at radius 3 is 1.67 bits per heavy atom. The van der Waals surface area contributed by atoms with Gasteiger partial charge in [-0.15, -0.1) is 0 Å². The molecule has 0 radical (unpaired) electrons. The van der Waals surface area contributed by atoms with Gasteiger partial charge in [-0.05, 0) is 92.6 Å². The summed E-state index contributed by atoms with van der Waals surface area (Å²) in [5.41, 5.74) is 2.40. The van der Waals surface area contributed by atoms with Crippen LogP contribution in [-0.2, 0) is 17.3 Å². The monoisotopic (exact) mass is 574 g/mol. The van der Waals surface area contributed by atoms with E-state index >= 15 is 0 Å². The quantitative estimate of drug-likeness (QED) is 0.196. The van der Waals surface area contributed by atoms with Gasteiger partial charge in [0.05, 0.1) is 22.3 Å². The van der Waals surface area contributed by atoms with Crippen LogP contribution in [0.2, 0.25) is 37.3 Å². The van der Waals surface area contributed by atoms with E-state index in [2.05, 4.69) is 53.9 Å². The topological polar surface area (TPSA) is 68.2 Å². The fraction of sp³-hybridized carbons (Fsp3) is 0.625. The molecule has 2 atom stereocenters. The zero-order valence-electron chi connectivity index (χ0n) is 26.2. The minimum absolute atomic E-state index is 0.0872. The predicted octanol–water partition coefficient (Wildman–Crippen LogP) is 8.88. The number of hydrogen-bond donors (Lipinski definition) is 2. The van der Waals surface area contributed by atoms with Gasteiger partial charge in [-0.3, -0.25) is 0 Å². The lowest BCUT2D eigenvalue weighted by atomic mass is 9.97. The molecule has 2 aromatic carbocycles. The summed E-state index contributed by atoms with van der Waals surface area (Å²) in [6.07, 6.45) is 7.38. The molecule has 220 valence electrons. The SMILES string of the molecule is CCC(C)(O[Si](C)(C)C(C)(CC)CCCc1ccc(O)c(OC)c1)[Si](C)(C)CCCc1ccc(O)c(OC)c1. The zero-order chi connectivity index (χ0) is 29.5. The average molecular weight is 575 g/mol. The molecular weight excluding hydrogens is 521 g/mol. The van der Waals surface area contributed by atoms with Crippen LogP contribution in [0.15, 0.2) is 36.4 Å². The average Bonchev–Trinajstić information content (AvgIpc) is 2.89. The number of phenols is 2. The highest BCUT2D eigenvalue weighted by atomic mass is 28.4. The minimum Gasteiger partial charge on any atom is -0.504 e. The highest BCUT2D eigenvalue weighted by molar-refractivity contribution is 6.82. The molecule has 0 fully saturated rings. The second-order valence-electron chi connectivity index (χ2n) is 12.7. The molecule has 7 heteroatoms. The molecule has 5 nitrogen and oxygen atoms in total. The first-order chi connectivity index (χ1) is 18.2. The first-order valence-electron chi connectivity index (χ1n) is 14.6. The maximum Gasteiger partial charge on any atom is 0.192 e. The van der Waals surface area contributed by atoms with Crippen LogP contribution in [-0.4, -0.2) is 46.0 Å².